The topological polar surface area (TPSA) is 116 Å². The van der Waals surface area contributed by atoms with Gasteiger partial charge in [-0.05, 0) is 25.0 Å². The molecule has 1 amide bonds. The number of benzene rings is 1. The van der Waals surface area contributed by atoms with Crippen molar-refractivity contribution in [3.63, 3.8) is 0 Å². The number of alkyl halides is 6. The van der Waals surface area contributed by atoms with Crippen molar-refractivity contribution < 1.29 is 50.9 Å². The number of aromatic nitrogens is 2. The van der Waals surface area contributed by atoms with E-state index in [-0.39, 0.29) is 5.91 Å². The van der Waals surface area contributed by atoms with Crippen molar-refractivity contribution in [2.24, 2.45) is 7.05 Å². The molecule has 204 valence electrons. The van der Waals surface area contributed by atoms with Crippen molar-refractivity contribution in [3.8, 4) is 0 Å². The van der Waals surface area contributed by atoms with E-state index in [2.05, 4.69) is 16.2 Å². The Kier molecular flexibility index (Phi) is 9.67. The number of aryl methyl sites for hydroxylation is 1. The molecule has 9 nitrogen and oxygen atoms in total. The van der Waals surface area contributed by atoms with Gasteiger partial charge in [-0.3, -0.25) is 14.4 Å². The quantitative estimate of drug-likeness (QED) is 0.575. The summed E-state index contributed by atoms with van der Waals surface area (Å²) in [7, 11) is 1.95. The number of para-hydroxylation sites is 1. The molecule has 1 aromatic heterocycles. The Bertz CT molecular complexity index is 1050. The van der Waals surface area contributed by atoms with E-state index in [4.69, 9.17) is 19.8 Å². The maximum atomic E-state index is 12.5. The van der Waals surface area contributed by atoms with Crippen molar-refractivity contribution in [2.45, 2.75) is 50.2 Å². The van der Waals surface area contributed by atoms with Crippen molar-refractivity contribution >= 4 is 23.5 Å². The Balaban J connectivity index is 0.000000286. The number of piperidine rings is 1. The Hall–Kier alpha value is -3.62. The maximum absolute atomic E-state index is 12.5. The lowest BCUT2D eigenvalue weighted by molar-refractivity contribution is -0.193. The minimum Gasteiger partial charge on any atom is -0.475 e. The third kappa shape index (κ3) is 8.48. The molecule has 2 saturated heterocycles. The Morgan fingerprint density at radius 2 is 1.51 bits per heavy atom. The second-order valence-corrected chi connectivity index (χ2v) is 8.16. The van der Waals surface area contributed by atoms with Crippen molar-refractivity contribution in [3.05, 3.63) is 48.3 Å². The number of fused-ring (bicyclic) bond motifs is 1. The summed E-state index contributed by atoms with van der Waals surface area (Å²) in [5, 5.41) is 18.5. The lowest BCUT2D eigenvalue weighted by Gasteiger charge is -2.39. The standard InChI is InChI=1S/C18H22N4O.2C2HF3O2/c1-20-12-14(11-19-20)13-21-10-9-17-16(21)7-8-18(23)22(17)15-5-3-2-4-6-15;2*3-2(4,5)1(6)7/h2-6,11-12,16-17H,7-10,13H2,1H3;2*(H,6,7)/t16-,17-;;/m0../s1. The van der Waals surface area contributed by atoms with Crippen molar-refractivity contribution in [2.75, 3.05) is 11.4 Å². The van der Waals surface area contributed by atoms with Crippen LogP contribution in [0, 0.1) is 0 Å². The van der Waals surface area contributed by atoms with Gasteiger partial charge < -0.3 is 15.1 Å². The molecule has 3 heterocycles. The van der Waals surface area contributed by atoms with Crippen LogP contribution in [0.3, 0.4) is 0 Å². The highest BCUT2D eigenvalue weighted by atomic mass is 19.4. The number of hydrogen-bond acceptors (Lipinski definition) is 5. The minimum absolute atomic E-state index is 0.265. The summed E-state index contributed by atoms with van der Waals surface area (Å²) < 4.78 is 65.3. The van der Waals surface area contributed by atoms with Gasteiger partial charge in [0, 0.05) is 50.0 Å². The van der Waals surface area contributed by atoms with Crippen molar-refractivity contribution in [1.82, 2.24) is 14.7 Å². The van der Waals surface area contributed by atoms with Gasteiger partial charge >= 0.3 is 24.3 Å². The molecule has 0 radical (unpaired) electrons. The van der Waals surface area contributed by atoms with Gasteiger partial charge in [0.15, 0.2) is 0 Å². The Labute approximate surface area is 206 Å². The molecule has 0 bridgehead atoms. The molecule has 0 unspecified atom stereocenters. The molecule has 0 saturated carbocycles. The Morgan fingerprint density at radius 3 is 1.97 bits per heavy atom. The highest BCUT2D eigenvalue weighted by Gasteiger charge is 2.43. The van der Waals surface area contributed by atoms with Crippen LogP contribution in [0.2, 0.25) is 0 Å². The number of carbonyl (C=O) groups excluding carboxylic acids is 1. The normalized spacial score (nSPS) is 19.8. The second kappa shape index (κ2) is 12.1. The van der Waals surface area contributed by atoms with Crippen LogP contribution in [0.15, 0.2) is 42.7 Å². The fourth-order valence-electron chi connectivity index (χ4n) is 4.06. The van der Waals surface area contributed by atoms with E-state index < -0.39 is 24.3 Å². The van der Waals surface area contributed by atoms with Gasteiger partial charge in [0.25, 0.3) is 0 Å². The minimum atomic E-state index is -5.08. The average Bonchev–Trinajstić information content (AvgIpc) is 3.40. The Morgan fingerprint density at radius 1 is 0.973 bits per heavy atom. The van der Waals surface area contributed by atoms with Crippen LogP contribution < -0.4 is 4.90 Å². The molecule has 2 fully saturated rings. The lowest BCUT2D eigenvalue weighted by atomic mass is 9.95. The highest BCUT2D eigenvalue weighted by molar-refractivity contribution is 5.95. The van der Waals surface area contributed by atoms with Crippen LogP contribution >= 0.6 is 0 Å². The predicted molar refractivity (Wildman–Crippen MR) is 116 cm³/mol. The lowest BCUT2D eigenvalue weighted by Crippen LogP contribution is -2.52. The van der Waals surface area contributed by atoms with E-state index in [0.717, 1.165) is 31.6 Å². The number of nitrogens with zero attached hydrogens (tertiary/aromatic N) is 4. The SMILES string of the molecule is Cn1cc(CN2CC[C@H]3[C@@H]2CCC(=O)N3c2ccccc2)cn1.O=C(O)C(F)(F)F.O=C(O)C(F)(F)F. The zero-order valence-corrected chi connectivity index (χ0v) is 19.4. The van der Waals surface area contributed by atoms with Gasteiger partial charge in [-0.15, -0.1) is 0 Å². The molecular weight excluding hydrogens is 514 g/mol. The molecule has 2 aromatic rings. The summed E-state index contributed by atoms with van der Waals surface area (Å²) in [6, 6.07) is 10.9. The van der Waals surface area contributed by atoms with Crippen LogP contribution in [-0.4, -0.2) is 73.7 Å². The molecular formula is C22H24F6N4O5. The van der Waals surface area contributed by atoms with Crippen LogP contribution in [0.25, 0.3) is 0 Å². The van der Waals surface area contributed by atoms with Gasteiger partial charge in [-0.1, -0.05) is 18.2 Å². The van der Waals surface area contributed by atoms with E-state index >= 15 is 0 Å². The fraction of sp³-hybridized carbons (Fsp3) is 0.455. The number of carboxylic acids is 2. The number of carboxylic acid groups (broad SMARTS) is 2. The van der Waals surface area contributed by atoms with Crippen molar-refractivity contribution in [1.29, 1.82) is 0 Å². The first kappa shape index (κ1) is 29.6. The molecule has 2 N–H and O–H groups in total. The number of carbonyl (C=O) groups is 3. The van der Waals surface area contributed by atoms with Crippen LogP contribution in [0.1, 0.15) is 24.8 Å². The molecule has 15 heteroatoms. The van der Waals surface area contributed by atoms with E-state index in [9.17, 15) is 31.1 Å². The molecule has 37 heavy (non-hydrogen) atoms. The molecule has 0 spiro atoms. The zero-order chi connectivity index (χ0) is 28.0. The predicted octanol–water partition coefficient (Wildman–Crippen LogP) is 3.46. The van der Waals surface area contributed by atoms with Gasteiger partial charge in [-0.2, -0.15) is 31.4 Å². The van der Waals surface area contributed by atoms with E-state index in [0.29, 0.717) is 18.5 Å². The first-order valence-electron chi connectivity index (χ1n) is 10.8. The third-order valence-electron chi connectivity index (χ3n) is 5.54. The summed E-state index contributed by atoms with van der Waals surface area (Å²) in [6.07, 6.45) is -3.50. The van der Waals surface area contributed by atoms with Gasteiger partial charge in [0.05, 0.1) is 12.2 Å². The monoisotopic (exact) mass is 538 g/mol. The number of amides is 1. The molecule has 1 aromatic carbocycles. The molecule has 2 aliphatic heterocycles. The smallest absolute Gasteiger partial charge is 0.475 e. The number of rotatable bonds is 3. The summed E-state index contributed by atoms with van der Waals surface area (Å²) in [5.41, 5.74) is 2.28. The second-order valence-electron chi connectivity index (χ2n) is 8.16. The number of halogens is 6. The summed E-state index contributed by atoms with van der Waals surface area (Å²) in [4.78, 5) is 34.8. The molecule has 2 atom stereocenters. The molecule has 0 aliphatic carbocycles. The number of likely N-dealkylation sites (tertiary alicyclic amines) is 1. The van der Waals surface area contributed by atoms with E-state index in [1.54, 1.807) is 0 Å². The zero-order valence-electron chi connectivity index (χ0n) is 19.4. The van der Waals surface area contributed by atoms with E-state index in [1.807, 2.05) is 53.2 Å². The highest BCUT2D eigenvalue weighted by Crippen LogP contribution is 2.35. The maximum Gasteiger partial charge on any atom is 0.490 e. The summed E-state index contributed by atoms with van der Waals surface area (Å²) in [5.74, 6) is -5.25. The van der Waals surface area contributed by atoms with Crippen LogP contribution in [0.4, 0.5) is 32.0 Å². The number of hydrogen-bond donors (Lipinski definition) is 2. The fourth-order valence-corrected chi connectivity index (χ4v) is 4.06. The summed E-state index contributed by atoms with van der Waals surface area (Å²) in [6.45, 7) is 1.96. The largest absolute Gasteiger partial charge is 0.490 e. The van der Waals surface area contributed by atoms with Gasteiger partial charge in [-0.25, -0.2) is 9.59 Å². The van der Waals surface area contributed by atoms with E-state index in [1.165, 1.54) is 5.56 Å². The molecule has 4 rings (SSSR count). The van der Waals surface area contributed by atoms with Crippen LogP contribution in [-0.2, 0) is 28.0 Å². The first-order chi connectivity index (χ1) is 17.1. The van der Waals surface area contributed by atoms with Crippen LogP contribution in [0.5, 0.6) is 0 Å². The van der Waals surface area contributed by atoms with Gasteiger partial charge in [0.1, 0.15) is 0 Å². The first-order valence-corrected chi connectivity index (χ1v) is 10.8. The number of aliphatic carboxylic acids is 2. The molecule has 2 aliphatic rings. The third-order valence-corrected chi connectivity index (χ3v) is 5.54. The van der Waals surface area contributed by atoms with Gasteiger partial charge in [0.2, 0.25) is 5.91 Å². The summed E-state index contributed by atoms with van der Waals surface area (Å²) >= 11 is 0. The average molecular weight is 538 g/mol. The number of anilines is 1.